The van der Waals surface area contributed by atoms with E-state index in [9.17, 15) is 14.7 Å². The summed E-state index contributed by atoms with van der Waals surface area (Å²) < 4.78 is 11.7. The van der Waals surface area contributed by atoms with E-state index in [2.05, 4.69) is 39.5 Å². The second-order valence-corrected chi connectivity index (χ2v) is 17.3. The molecule has 322 valence electrons. The second kappa shape index (κ2) is 40.1. The van der Waals surface area contributed by atoms with Crippen molar-refractivity contribution in [3.63, 3.8) is 0 Å². The molecule has 0 fully saturated rings. The third-order valence-electron chi connectivity index (χ3n) is 11.4. The first-order valence-electron chi connectivity index (χ1n) is 24.0. The molecule has 0 saturated carbocycles. The van der Waals surface area contributed by atoms with Crippen LogP contribution in [0.4, 0.5) is 0 Å². The standard InChI is InChI=1S/C48H95NO5/c1-6-9-12-15-20-27-36-45(37-28-21-16-13-10-7-2)54-47(52)48(4,5)39-30-23-25-32-41-49(42-33-34-43-50)40-31-24-19-18-22-29-38-46(51)53-44-35-26-17-14-11-8-3/h45,50H,6-44H2,1-5H3. The maximum atomic E-state index is 13.4. The molecule has 0 aliphatic heterocycles. The van der Waals surface area contributed by atoms with Crippen molar-refractivity contribution >= 4 is 11.9 Å². The average Bonchev–Trinajstić information content (AvgIpc) is 3.15. The molecule has 6 heteroatoms. The SMILES string of the molecule is CCCCCCCCOC(=O)CCCCCCCCN(CCCCO)CCCCCCC(C)(C)C(=O)OC(CCCCCCCC)CCCCCCCC. The fraction of sp³-hybridized carbons (Fsp3) is 0.958. The van der Waals surface area contributed by atoms with Gasteiger partial charge in [-0.15, -0.1) is 0 Å². The van der Waals surface area contributed by atoms with Crippen molar-refractivity contribution in [3.05, 3.63) is 0 Å². The first-order chi connectivity index (χ1) is 26.3. The van der Waals surface area contributed by atoms with Gasteiger partial charge in [-0.3, -0.25) is 9.59 Å². The van der Waals surface area contributed by atoms with Crippen molar-refractivity contribution < 1.29 is 24.2 Å². The number of hydrogen-bond donors (Lipinski definition) is 1. The van der Waals surface area contributed by atoms with Crippen LogP contribution in [-0.2, 0) is 19.1 Å². The van der Waals surface area contributed by atoms with Crippen LogP contribution in [0.15, 0.2) is 0 Å². The molecule has 0 heterocycles. The van der Waals surface area contributed by atoms with Gasteiger partial charge in [-0.05, 0) is 104 Å². The fourth-order valence-electron chi connectivity index (χ4n) is 7.47. The molecular formula is C48H95NO5. The molecule has 0 aromatic carbocycles. The lowest BCUT2D eigenvalue weighted by molar-refractivity contribution is -0.161. The lowest BCUT2D eigenvalue weighted by atomic mass is 9.86. The van der Waals surface area contributed by atoms with Gasteiger partial charge in [-0.1, -0.05) is 162 Å². The van der Waals surface area contributed by atoms with E-state index in [1.807, 2.05) is 0 Å². The van der Waals surface area contributed by atoms with E-state index >= 15 is 0 Å². The number of ether oxygens (including phenoxy) is 2. The van der Waals surface area contributed by atoms with Crippen LogP contribution in [-0.4, -0.2) is 60.9 Å². The molecule has 0 aliphatic rings. The minimum absolute atomic E-state index is 0.0147. The van der Waals surface area contributed by atoms with E-state index in [1.165, 1.54) is 148 Å². The number of hydrogen-bond acceptors (Lipinski definition) is 6. The van der Waals surface area contributed by atoms with Crippen molar-refractivity contribution in [2.75, 3.05) is 32.8 Å². The Hall–Kier alpha value is -1.14. The zero-order chi connectivity index (χ0) is 39.8. The molecule has 0 atom stereocenters. The van der Waals surface area contributed by atoms with E-state index in [0.29, 0.717) is 13.0 Å². The Balaban J connectivity index is 4.32. The summed E-state index contributed by atoms with van der Waals surface area (Å²) in [5.41, 5.74) is -0.423. The van der Waals surface area contributed by atoms with Crippen LogP contribution in [0.1, 0.15) is 253 Å². The van der Waals surface area contributed by atoms with Gasteiger partial charge in [0.15, 0.2) is 0 Å². The van der Waals surface area contributed by atoms with Crippen LogP contribution in [0.3, 0.4) is 0 Å². The minimum Gasteiger partial charge on any atom is -0.466 e. The number of aliphatic hydroxyl groups excluding tert-OH is 1. The highest BCUT2D eigenvalue weighted by Crippen LogP contribution is 2.28. The van der Waals surface area contributed by atoms with Crippen molar-refractivity contribution in [3.8, 4) is 0 Å². The Morgan fingerprint density at radius 3 is 1.43 bits per heavy atom. The first kappa shape index (κ1) is 52.9. The smallest absolute Gasteiger partial charge is 0.311 e. The van der Waals surface area contributed by atoms with E-state index < -0.39 is 5.41 Å². The molecule has 54 heavy (non-hydrogen) atoms. The van der Waals surface area contributed by atoms with Crippen LogP contribution in [0.5, 0.6) is 0 Å². The molecule has 0 aliphatic carbocycles. The van der Waals surface area contributed by atoms with Gasteiger partial charge in [0.05, 0.1) is 12.0 Å². The van der Waals surface area contributed by atoms with E-state index in [0.717, 1.165) is 83.8 Å². The molecule has 6 nitrogen and oxygen atoms in total. The summed E-state index contributed by atoms with van der Waals surface area (Å²) in [5, 5.41) is 9.31. The molecule has 0 aromatic rings. The van der Waals surface area contributed by atoms with E-state index in [4.69, 9.17) is 9.47 Å². The van der Waals surface area contributed by atoms with Gasteiger partial charge in [0.25, 0.3) is 0 Å². The van der Waals surface area contributed by atoms with Gasteiger partial charge in [0.1, 0.15) is 6.10 Å². The largest absolute Gasteiger partial charge is 0.466 e. The Labute approximate surface area is 337 Å². The van der Waals surface area contributed by atoms with Crippen molar-refractivity contribution in [1.82, 2.24) is 4.90 Å². The van der Waals surface area contributed by atoms with Gasteiger partial charge in [0.2, 0.25) is 0 Å². The number of unbranched alkanes of at least 4 members (excludes halogenated alkanes) is 24. The Bertz CT molecular complexity index is 786. The maximum Gasteiger partial charge on any atom is 0.311 e. The summed E-state index contributed by atoms with van der Waals surface area (Å²) >= 11 is 0. The molecular weight excluding hydrogens is 671 g/mol. The molecule has 0 aromatic heterocycles. The zero-order valence-electron chi connectivity index (χ0n) is 37.2. The Kier molecular flexibility index (Phi) is 39.2. The van der Waals surface area contributed by atoms with E-state index in [-0.39, 0.29) is 24.6 Å². The quantitative estimate of drug-likeness (QED) is 0.0492. The van der Waals surface area contributed by atoms with Crippen LogP contribution in [0, 0.1) is 5.41 Å². The van der Waals surface area contributed by atoms with Crippen molar-refractivity contribution in [2.24, 2.45) is 5.41 Å². The number of carbonyl (C=O) groups excluding carboxylic acids is 2. The lowest BCUT2D eigenvalue weighted by Gasteiger charge is -2.27. The van der Waals surface area contributed by atoms with Gasteiger partial charge in [-0.2, -0.15) is 0 Å². The van der Waals surface area contributed by atoms with Gasteiger partial charge < -0.3 is 19.5 Å². The van der Waals surface area contributed by atoms with Gasteiger partial charge in [-0.25, -0.2) is 0 Å². The van der Waals surface area contributed by atoms with E-state index in [1.54, 1.807) is 0 Å². The van der Waals surface area contributed by atoms with Crippen LogP contribution in [0.2, 0.25) is 0 Å². The second-order valence-electron chi connectivity index (χ2n) is 17.3. The normalized spacial score (nSPS) is 11.9. The summed E-state index contributed by atoms with van der Waals surface area (Å²) in [4.78, 5) is 28.0. The monoisotopic (exact) mass is 766 g/mol. The van der Waals surface area contributed by atoms with Crippen LogP contribution >= 0.6 is 0 Å². The summed E-state index contributed by atoms with van der Waals surface area (Å²) in [6.07, 6.45) is 39.7. The molecule has 0 radical (unpaired) electrons. The Morgan fingerprint density at radius 1 is 0.519 bits per heavy atom. The number of nitrogens with zero attached hydrogens (tertiary/aromatic N) is 1. The molecule has 0 bridgehead atoms. The molecule has 1 N–H and O–H groups in total. The molecule has 0 rings (SSSR count). The van der Waals surface area contributed by atoms with Crippen molar-refractivity contribution in [2.45, 2.75) is 259 Å². The summed E-state index contributed by atoms with van der Waals surface area (Å²) in [5.74, 6) is -0.00422. The Morgan fingerprint density at radius 2 is 0.926 bits per heavy atom. The molecule has 0 saturated heterocycles. The predicted molar refractivity (Wildman–Crippen MR) is 232 cm³/mol. The van der Waals surface area contributed by atoms with Crippen molar-refractivity contribution in [1.29, 1.82) is 0 Å². The third kappa shape index (κ3) is 35.3. The highest BCUT2D eigenvalue weighted by Gasteiger charge is 2.30. The highest BCUT2D eigenvalue weighted by molar-refractivity contribution is 5.76. The van der Waals surface area contributed by atoms with Crippen LogP contribution < -0.4 is 0 Å². The molecule has 0 spiro atoms. The third-order valence-corrected chi connectivity index (χ3v) is 11.4. The number of carbonyl (C=O) groups is 2. The lowest BCUT2D eigenvalue weighted by Crippen LogP contribution is -2.31. The fourth-order valence-corrected chi connectivity index (χ4v) is 7.47. The summed E-state index contributed by atoms with van der Waals surface area (Å²) in [6.45, 7) is 15.1. The van der Waals surface area contributed by atoms with Crippen LogP contribution in [0.25, 0.3) is 0 Å². The molecule has 0 unspecified atom stereocenters. The minimum atomic E-state index is -0.423. The van der Waals surface area contributed by atoms with Gasteiger partial charge in [0, 0.05) is 13.0 Å². The van der Waals surface area contributed by atoms with Gasteiger partial charge >= 0.3 is 11.9 Å². The zero-order valence-corrected chi connectivity index (χ0v) is 37.2. The predicted octanol–water partition coefficient (Wildman–Crippen LogP) is 14.1. The maximum absolute atomic E-state index is 13.4. The topological polar surface area (TPSA) is 76.1 Å². The number of aliphatic hydroxyl groups is 1. The summed E-state index contributed by atoms with van der Waals surface area (Å²) in [6, 6.07) is 0. The average molecular weight is 766 g/mol. The summed E-state index contributed by atoms with van der Waals surface area (Å²) in [7, 11) is 0. The molecule has 0 amide bonds. The number of esters is 2. The number of rotatable bonds is 43. The highest BCUT2D eigenvalue weighted by atomic mass is 16.5. The first-order valence-corrected chi connectivity index (χ1v) is 24.0.